The van der Waals surface area contributed by atoms with Gasteiger partial charge in [0.25, 0.3) is 5.91 Å². The number of nitrogens with zero attached hydrogens (tertiary/aromatic N) is 3. The smallest absolute Gasteiger partial charge is 0.253 e. The van der Waals surface area contributed by atoms with Gasteiger partial charge in [0, 0.05) is 35.2 Å². The van der Waals surface area contributed by atoms with E-state index in [0.29, 0.717) is 34.4 Å². The molecule has 0 aliphatic carbocycles. The van der Waals surface area contributed by atoms with Gasteiger partial charge in [0.15, 0.2) is 0 Å². The van der Waals surface area contributed by atoms with E-state index in [1.807, 2.05) is 53.4 Å². The van der Waals surface area contributed by atoms with Crippen LogP contribution in [0.3, 0.4) is 0 Å². The van der Waals surface area contributed by atoms with E-state index in [9.17, 15) is 9.90 Å². The normalized spacial score (nSPS) is 13.7. The number of likely N-dealkylation sites (tertiary alicyclic amines) is 1. The average molecular weight is 517 g/mol. The zero-order valence-electron chi connectivity index (χ0n) is 20.2. The number of anilines is 1. The average Bonchev–Trinajstić information content (AvgIpc) is 3.44. The molecule has 0 bridgehead atoms. The number of aromatic hydroxyl groups is 1. The maximum Gasteiger partial charge on any atom is 0.253 e. The number of rotatable bonds is 7. The molecule has 1 saturated heterocycles. The van der Waals surface area contributed by atoms with Crippen molar-refractivity contribution in [2.24, 2.45) is 5.73 Å². The third-order valence-corrected chi connectivity index (χ3v) is 6.58. The van der Waals surface area contributed by atoms with Crippen molar-refractivity contribution >= 4 is 40.9 Å². The Labute approximate surface area is 221 Å². The highest BCUT2D eigenvalue weighted by molar-refractivity contribution is 6.00. The fourth-order valence-electron chi connectivity index (χ4n) is 4.66. The summed E-state index contributed by atoms with van der Waals surface area (Å²) in [5.41, 5.74) is 9.21. The highest BCUT2D eigenvalue weighted by Gasteiger charge is 2.22. The molecule has 0 spiro atoms. The van der Waals surface area contributed by atoms with Gasteiger partial charge in [-0.2, -0.15) is 0 Å². The van der Waals surface area contributed by atoms with Gasteiger partial charge in [-0.3, -0.25) is 10.2 Å². The van der Waals surface area contributed by atoms with E-state index in [2.05, 4.69) is 15.3 Å². The number of nitrogens with one attached hydrogen (secondary N) is 2. The van der Waals surface area contributed by atoms with Gasteiger partial charge in [0.05, 0.1) is 11.6 Å². The Morgan fingerprint density at radius 2 is 1.76 bits per heavy atom. The molecule has 1 unspecified atom stereocenters. The zero-order chi connectivity index (χ0) is 25.1. The van der Waals surface area contributed by atoms with E-state index in [1.165, 1.54) is 6.33 Å². The highest BCUT2D eigenvalue weighted by Crippen LogP contribution is 2.32. The Morgan fingerprint density at radius 1 is 1.03 bits per heavy atom. The molecule has 37 heavy (non-hydrogen) atoms. The van der Waals surface area contributed by atoms with E-state index >= 15 is 0 Å². The van der Waals surface area contributed by atoms with Crippen LogP contribution in [0.25, 0.3) is 10.9 Å². The molecule has 0 saturated carbocycles. The topological polar surface area (TPSA) is 128 Å². The molecule has 5 rings (SSSR count). The largest absolute Gasteiger partial charge is 0.508 e. The lowest BCUT2D eigenvalue weighted by Crippen LogP contribution is -2.27. The number of halogens is 1. The van der Waals surface area contributed by atoms with Crippen LogP contribution in [0.5, 0.6) is 5.75 Å². The van der Waals surface area contributed by atoms with Crippen LogP contribution < -0.4 is 11.1 Å². The first-order chi connectivity index (χ1) is 17.5. The van der Waals surface area contributed by atoms with Gasteiger partial charge >= 0.3 is 0 Å². The molecule has 8 nitrogen and oxygen atoms in total. The first-order valence-corrected chi connectivity index (χ1v) is 12.0. The number of amidine groups is 1. The molecule has 9 heteroatoms. The molecular formula is C28H29ClN6O2. The Hall–Kier alpha value is -4.17. The Bertz CT molecular complexity index is 1420. The molecule has 2 heterocycles. The van der Waals surface area contributed by atoms with Crippen molar-refractivity contribution in [1.29, 1.82) is 5.41 Å². The molecule has 1 aromatic heterocycles. The number of aromatic nitrogens is 2. The van der Waals surface area contributed by atoms with Crippen molar-refractivity contribution in [1.82, 2.24) is 14.9 Å². The SMILES string of the molecule is Cl.N=C(N)c1ccc(O)c(C(Cc2ccccc2)Nc2ncnc3cc(C(=O)N4CCCC4)ccc23)c1. The number of phenolic OH excluding ortho intramolecular Hbond substituents is 1. The number of hydrogen-bond acceptors (Lipinski definition) is 6. The van der Waals surface area contributed by atoms with E-state index in [0.717, 1.165) is 36.9 Å². The summed E-state index contributed by atoms with van der Waals surface area (Å²) >= 11 is 0. The number of nitrogens with two attached hydrogens (primary N) is 1. The Balaban J connectivity index is 0.00000320. The van der Waals surface area contributed by atoms with E-state index < -0.39 is 0 Å². The lowest BCUT2D eigenvalue weighted by Gasteiger charge is -2.22. The third-order valence-electron chi connectivity index (χ3n) is 6.58. The van der Waals surface area contributed by atoms with Crippen LogP contribution in [0.15, 0.2) is 73.1 Å². The van der Waals surface area contributed by atoms with Crippen LogP contribution in [0.1, 0.15) is 45.9 Å². The molecule has 1 aliphatic rings. The van der Waals surface area contributed by atoms with Gasteiger partial charge in [-0.15, -0.1) is 12.4 Å². The van der Waals surface area contributed by atoms with Crippen LogP contribution in [-0.2, 0) is 6.42 Å². The van der Waals surface area contributed by atoms with Crippen LogP contribution in [-0.4, -0.2) is 44.8 Å². The summed E-state index contributed by atoms with van der Waals surface area (Å²) in [6.45, 7) is 1.58. The van der Waals surface area contributed by atoms with Crippen LogP contribution in [0.2, 0.25) is 0 Å². The molecule has 5 N–H and O–H groups in total. The minimum Gasteiger partial charge on any atom is -0.508 e. The first kappa shape index (κ1) is 25.9. The molecule has 190 valence electrons. The first-order valence-electron chi connectivity index (χ1n) is 12.0. The van der Waals surface area contributed by atoms with E-state index in [4.69, 9.17) is 11.1 Å². The van der Waals surface area contributed by atoms with Gasteiger partial charge in [0.1, 0.15) is 23.7 Å². The molecule has 1 fully saturated rings. The molecule has 1 aliphatic heterocycles. The predicted molar refractivity (Wildman–Crippen MR) is 148 cm³/mol. The van der Waals surface area contributed by atoms with Crippen LogP contribution >= 0.6 is 12.4 Å². The summed E-state index contributed by atoms with van der Waals surface area (Å²) in [5, 5.41) is 22.8. The quantitative estimate of drug-likeness (QED) is 0.209. The maximum atomic E-state index is 12.9. The molecule has 3 aromatic carbocycles. The van der Waals surface area contributed by atoms with Gasteiger partial charge in [-0.05, 0) is 61.2 Å². The third kappa shape index (κ3) is 5.65. The summed E-state index contributed by atoms with van der Waals surface area (Å²) in [6, 6.07) is 20.0. The maximum absolute atomic E-state index is 12.9. The summed E-state index contributed by atoms with van der Waals surface area (Å²) in [7, 11) is 0. The van der Waals surface area contributed by atoms with Gasteiger partial charge < -0.3 is 21.1 Å². The summed E-state index contributed by atoms with van der Waals surface area (Å²) < 4.78 is 0. The number of carbonyl (C=O) groups excluding carboxylic acids is 1. The number of fused-ring (bicyclic) bond motifs is 1. The summed E-state index contributed by atoms with van der Waals surface area (Å²) in [4.78, 5) is 23.7. The van der Waals surface area contributed by atoms with Crippen LogP contribution in [0.4, 0.5) is 5.82 Å². The van der Waals surface area contributed by atoms with Crippen LogP contribution in [0, 0.1) is 5.41 Å². The number of carbonyl (C=O) groups is 1. The van der Waals surface area contributed by atoms with Crippen molar-refractivity contribution in [2.75, 3.05) is 18.4 Å². The second-order valence-electron chi connectivity index (χ2n) is 9.03. The van der Waals surface area contributed by atoms with E-state index in [-0.39, 0.29) is 35.9 Å². The second kappa shape index (κ2) is 11.3. The molecular weight excluding hydrogens is 488 g/mol. The molecule has 1 amide bonds. The number of hydrogen-bond donors (Lipinski definition) is 4. The minimum absolute atomic E-state index is 0. The molecule has 1 atom stereocenters. The van der Waals surface area contributed by atoms with Gasteiger partial charge in [-0.1, -0.05) is 30.3 Å². The number of phenols is 1. The summed E-state index contributed by atoms with van der Waals surface area (Å²) in [6.07, 6.45) is 4.11. The van der Waals surface area contributed by atoms with Crippen molar-refractivity contribution in [3.05, 3.63) is 95.3 Å². The Kier molecular flexibility index (Phi) is 7.89. The van der Waals surface area contributed by atoms with Crippen molar-refractivity contribution in [3.8, 4) is 5.75 Å². The number of amides is 1. The van der Waals surface area contributed by atoms with Crippen molar-refractivity contribution in [3.63, 3.8) is 0 Å². The highest BCUT2D eigenvalue weighted by atomic mass is 35.5. The fraction of sp³-hybridized carbons (Fsp3) is 0.214. The molecule has 4 aromatic rings. The summed E-state index contributed by atoms with van der Waals surface area (Å²) in [5.74, 6) is 0.645. The number of benzene rings is 3. The Morgan fingerprint density at radius 3 is 2.49 bits per heavy atom. The predicted octanol–water partition coefficient (Wildman–Crippen LogP) is 4.67. The van der Waals surface area contributed by atoms with Gasteiger partial charge in [-0.25, -0.2) is 9.97 Å². The fourth-order valence-corrected chi connectivity index (χ4v) is 4.66. The molecule has 0 radical (unpaired) electrons. The minimum atomic E-state index is -0.365. The van der Waals surface area contributed by atoms with Crippen molar-refractivity contribution in [2.45, 2.75) is 25.3 Å². The second-order valence-corrected chi connectivity index (χ2v) is 9.03. The monoisotopic (exact) mass is 516 g/mol. The van der Waals surface area contributed by atoms with Gasteiger partial charge in [0.2, 0.25) is 0 Å². The standard InChI is InChI=1S/C28H28N6O2.ClH/c29-26(30)19-9-11-25(35)22(15-19)24(14-18-6-2-1-3-7-18)33-27-21-10-8-20(16-23(21)31-17-32-27)28(36)34-12-4-5-13-34;/h1-3,6-11,15-17,24,35H,4-5,12-14H2,(H3,29,30)(H,31,32,33);1H. The van der Waals surface area contributed by atoms with Crippen molar-refractivity contribution < 1.29 is 9.90 Å². The zero-order valence-corrected chi connectivity index (χ0v) is 21.0. The lowest BCUT2D eigenvalue weighted by molar-refractivity contribution is 0.0793. The number of nitrogen functional groups attached to an aromatic ring is 1. The lowest BCUT2D eigenvalue weighted by atomic mass is 9.96. The van der Waals surface area contributed by atoms with E-state index in [1.54, 1.807) is 18.2 Å².